The molecule has 2 bridgehead atoms. The third kappa shape index (κ3) is 3.32. The number of ether oxygens (including phenoxy) is 1. The minimum atomic E-state index is 0.565. The molecule has 0 saturated carbocycles. The number of hydrogen-bond acceptors (Lipinski definition) is 3. The lowest BCUT2D eigenvalue weighted by atomic mass is 9.96. The maximum atomic E-state index is 5.77. The summed E-state index contributed by atoms with van der Waals surface area (Å²) in [5.74, 6) is 0. The summed E-state index contributed by atoms with van der Waals surface area (Å²) in [5.41, 5.74) is 0. The third-order valence-electron chi connectivity index (χ3n) is 5.30. The van der Waals surface area contributed by atoms with E-state index in [1.807, 2.05) is 0 Å². The average molecular weight is 266 g/mol. The topological polar surface area (TPSA) is 24.5 Å². The van der Waals surface area contributed by atoms with Crippen LogP contribution in [0.3, 0.4) is 0 Å². The van der Waals surface area contributed by atoms with Crippen LogP contribution < -0.4 is 5.32 Å². The van der Waals surface area contributed by atoms with Crippen molar-refractivity contribution in [2.75, 3.05) is 19.7 Å². The lowest BCUT2D eigenvalue weighted by Gasteiger charge is -2.39. The Bertz CT molecular complexity index is 264. The molecule has 3 atom stereocenters. The standard InChI is InChI=1S/C16H30N2O/c1-2-8-17-13-11-14-5-6-15(12-13)18(14)9-7-16-4-3-10-19-16/h13-17H,2-12H2,1H3. The largest absolute Gasteiger partial charge is 0.378 e. The zero-order chi connectivity index (χ0) is 13.1. The lowest BCUT2D eigenvalue weighted by Crippen LogP contribution is -2.49. The molecule has 1 N–H and O–H groups in total. The molecular weight excluding hydrogens is 236 g/mol. The molecule has 0 radical (unpaired) electrons. The number of hydrogen-bond donors (Lipinski definition) is 1. The summed E-state index contributed by atoms with van der Waals surface area (Å²) < 4.78 is 5.77. The molecular formula is C16H30N2O. The minimum Gasteiger partial charge on any atom is -0.378 e. The predicted octanol–water partition coefficient (Wildman–Crippen LogP) is 2.55. The van der Waals surface area contributed by atoms with Gasteiger partial charge in [-0.25, -0.2) is 0 Å². The van der Waals surface area contributed by atoms with Gasteiger partial charge >= 0.3 is 0 Å². The van der Waals surface area contributed by atoms with E-state index in [0.29, 0.717) is 6.10 Å². The van der Waals surface area contributed by atoms with Crippen LogP contribution in [-0.2, 0) is 4.74 Å². The van der Waals surface area contributed by atoms with E-state index in [1.54, 1.807) is 0 Å². The van der Waals surface area contributed by atoms with Gasteiger partial charge in [-0.2, -0.15) is 0 Å². The molecule has 19 heavy (non-hydrogen) atoms. The van der Waals surface area contributed by atoms with Crippen molar-refractivity contribution >= 4 is 0 Å². The Morgan fingerprint density at radius 2 is 1.95 bits per heavy atom. The smallest absolute Gasteiger partial charge is 0.0588 e. The van der Waals surface area contributed by atoms with Crippen LogP contribution in [0.5, 0.6) is 0 Å². The number of fused-ring (bicyclic) bond motifs is 2. The summed E-state index contributed by atoms with van der Waals surface area (Å²) in [5, 5.41) is 3.74. The van der Waals surface area contributed by atoms with Gasteiger partial charge in [0.25, 0.3) is 0 Å². The van der Waals surface area contributed by atoms with E-state index in [0.717, 1.165) is 24.7 Å². The first kappa shape index (κ1) is 13.8. The highest BCUT2D eigenvalue weighted by Crippen LogP contribution is 2.36. The van der Waals surface area contributed by atoms with E-state index < -0.39 is 0 Å². The maximum absolute atomic E-state index is 5.77. The predicted molar refractivity (Wildman–Crippen MR) is 78.4 cm³/mol. The Morgan fingerprint density at radius 3 is 2.58 bits per heavy atom. The van der Waals surface area contributed by atoms with E-state index in [2.05, 4.69) is 17.1 Å². The lowest BCUT2D eigenvalue weighted by molar-refractivity contribution is 0.0661. The van der Waals surface area contributed by atoms with Crippen LogP contribution in [-0.4, -0.2) is 48.8 Å². The molecule has 3 heterocycles. The molecule has 3 fully saturated rings. The van der Waals surface area contributed by atoms with Crippen molar-refractivity contribution in [3.63, 3.8) is 0 Å². The summed E-state index contributed by atoms with van der Waals surface area (Å²) in [7, 11) is 0. The van der Waals surface area contributed by atoms with Gasteiger partial charge in [-0.1, -0.05) is 6.92 Å². The van der Waals surface area contributed by atoms with Crippen molar-refractivity contribution in [2.45, 2.75) is 82.5 Å². The fourth-order valence-corrected chi connectivity index (χ4v) is 4.32. The van der Waals surface area contributed by atoms with Crippen molar-refractivity contribution in [3.05, 3.63) is 0 Å². The molecule has 0 aromatic heterocycles. The van der Waals surface area contributed by atoms with Gasteiger partial charge in [0.15, 0.2) is 0 Å². The Balaban J connectivity index is 1.46. The quantitative estimate of drug-likeness (QED) is 0.799. The summed E-state index contributed by atoms with van der Waals surface area (Å²) >= 11 is 0. The molecule has 3 unspecified atom stereocenters. The first-order valence-corrected chi connectivity index (χ1v) is 8.47. The summed E-state index contributed by atoms with van der Waals surface area (Å²) in [6.07, 6.45) is 11.3. The number of nitrogens with one attached hydrogen (secondary N) is 1. The molecule has 0 spiro atoms. The highest BCUT2D eigenvalue weighted by atomic mass is 16.5. The minimum absolute atomic E-state index is 0.565. The summed E-state index contributed by atoms with van der Waals surface area (Å²) in [6, 6.07) is 2.50. The van der Waals surface area contributed by atoms with Crippen molar-refractivity contribution in [2.24, 2.45) is 0 Å². The van der Waals surface area contributed by atoms with Crippen molar-refractivity contribution in [1.29, 1.82) is 0 Å². The molecule has 110 valence electrons. The zero-order valence-electron chi connectivity index (χ0n) is 12.4. The van der Waals surface area contributed by atoms with Gasteiger partial charge < -0.3 is 10.1 Å². The van der Waals surface area contributed by atoms with Crippen molar-refractivity contribution in [1.82, 2.24) is 10.2 Å². The molecule has 0 aliphatic carbocycles. The molecule has 3 rings (SSSR count). The van der Waals surface area contributed by atoms with Gasteiger partial charge in [0, 0.05) is 31.3 Å². The fraction of sp³-hybridized carbons (Fsp3) is 1.00. The summed E-state index contributed by atoms with van der Waals surface area (Å²) in [4.78, 5) is 2.81. The third-order valence-corrected chi connectivity index (χ3v) is 5.30. The SMILES string of the molecule is CCCNC1CC2CCC(C1)N2CCC1CCCO1. The normalized spacial score (nSPS) is 39.0. The second kappa shape index (κ2) is 6.55. The number of piperidine rings is 1. The molecule has 3 saturated heterocycles. The highest BCUT2D eigenvalue weighted by molar-refractivity contribution is 4.97. The Labute approximate surface area is 118 Å². The molecule has 0 aromatic rings. The number of rotatable bonds is 6. The number of nitrogens with zero attached hydrogens (tertiary/aromatic N) is 1. The zero-order valence-corrected chi connectivity index (χ0v) is 12.4. The molecule has 3 aliphatic rings. The highest BCUT2D eigenvalue weighted by Gasteiger charge is 2.40. The molecule has 3 nitrogen and oxygen atoms in total. The van der Waals surface area contributed by atoms with Gasteiger partial charge in [0.1, 0.15) is 0 Å². The Kier molecular flexibility index (Phi) is 4.78. The molecule has 3 heteroatoms. The first-order valence-electron chi connectivity index (χ1n) is 8.47. The van der Waals surface area contributed by atoms with Crippen LogP contribution in [0, 0.1) is 0 Å². The van der Waals surface area contributed by atoms with Crippen molar-refractivity contribution < 1.29 is 4.74 Å². The monoisotopic (exact) mass is 266 g/mol. The molecule has 3 aliphatic heterocycles. The Morgan fingerprint density at radius 1 is 1.16 bits per heavy atom. The van der Waals surface area contributed by atoms with E-state index in [-0.39, 0.29) is 0 Å². The van der Waals surface area contributed by atoms with E-state index in [9.17, 15) is 0 Å². The van der Waals surface area contributed by atoms with Gasteiger partial charge in [-0.05, 0) is 57.9 Å². The fourth-order valence-electron chi connectivity index (χ4n) is 4.32. The van der Waals surface area contributed by atoms with E-state index >= 15 is 0 Å². The second-order valence-electron chi connectivity index (χ2n) is 6.67. The van der Waals surface area contributed by atoms with Gasteiger partial charge in [-0.3, -0.25) is 4.90 Å². The molecule has 0 amide bonds. The second-order valence-corrected chi connectivity index (χ2v) is 6.67. The Hall–Kier alpha value is -0.120. The maximum Gasteiger partial charge on any atom is 0.0588 e. The van der Waals surface area contributed by atoms with Gasteiger partial charge in [0.05, 0.1) is 6.10 Å². The van der Waals surface area contributed by atoms with E-state index in [4.69, 9.17) is 4.74 Å². The van der Waals surface area contributed by atoms with Gasteiger partial charge in [-0.15, -0.1) is 0 Å². The molecule has 0 aromatic carbocycles. The first-order chi connectivity index (χ1) is 9.36. The van der Waals surface area contributed by atoms with Crippen LogP contribution in [0.4, 0.5) is 0 Å². The van der Waals surface area contributed by atoms with Crippen LogP contribution in [0.1, 0.15) is 58.3 Å². The van der Waals surface area contributed by atoms with Crippen LogP contribution in [0.2, 0.25) is 0 Å². The van der Waals surface area contributed by atoms with E-state index in [1.165, 1.54) is 64.5 Å². The van der Waals surface area contributed by atoms with Crippen LogP contribution in [0.15, 0.2) is 0 Å². The van der Waals surface area contributed by atoms with Crippen LogP contribution >= 0.6 is 0 Å². The van der Waals surface area contributed by atoms with Crippen molar-refractivity contribution in [3.8, 4) is 0 Å². The van der Waals surface area contributed by atoms with Gasteiger partial charge in [0.2, 0.25) is 0 Å². The van der Waals surface area contributed by atoms with Crippen LogP contribution in [0.25, 0.3) is 0 Å². The summed E-state index contributed by atoms with van der Waals surface area (Å²) in [6.45, 7) is 5.74. The average Bonchev–Trinajstić information content (AvgIpc) is 3.01.